The van der Waals surface area contributed by atoms with Crippen molar-refractivity contribution < 1.29 is 12.8 Å². The van der Waals surface area contributed by atoms with E-state index in [-0.39, 0.29) is 10.6 Å². The van der Waals surface area contributed by atoms with E-state index in [2.05, 4.69) is 4.72 Å². The van der Waals surface area contributed by atoms with Gasteiger partial charge in [0.2, 0.25) is 0 Å². The van der Waals surface area contributed by atoms with Crippen LogP contribution in [0, 0.1) is 5.82 Å². The maximum absolute atomic E-state index is 13.1. The van der Waals surface area contributed by atoms with Crippen LogP contribution in [0.5, 0.6) is 0 Å². The summed E-state index contributed by atoms with van der Waals surface area (Å²) in [6.45, 7) is 2.01. The van der Waals surface area contributed by atoms with E-state index in [1.165, 1.54) is 6.07 Å². The van der Waals surface area contributed by atoms with Crippen LogP contribution >= 0.6 is 0 Å². The fourth-order valence-electron chi connectivity index (χ4n) is 1.71. The number of nitrogen functional groups attached to an aromatic ring is 1. The van der Waals surface area contributed by atoms with Gasteiger partial charge in [-0.3, -0.25) is 4.72 Å². The number of benzene rings is 2. The molecule has 0 saturated carbocycles. The molecule has 0 aliphatic rings. The highest BCUT2D eigenvalue weighted by Crippen LogP contribution is 2.20. The van der Waals surface area contributed by atoms with Crippen molar-refractivity contribution in [1.29, 1.82) is 0 Å². The number of halogens is 1. The largest absolute Gasteiger partial charge is 0.396 e. The number of anilines is 2. The molecule has 106 valence electrons. The lowest BCUT2D eigenvalue weighted by atomic mass is 10.2. The summed E-state index contributed by atoms with van der Waals surface area (Å²) in [5.41, 5.74) is 6.74. The molecular formula is C14H15FN2O2S. The standard InChI is InChI=1S/C14H15FN2O2S/c1-2-10-3-5-11(6-4-10)17-20(18,19)12-7-8-13(15)14(16)9-12/h3-9,17H,2,16H2,1H3. The third-order valence-corrected chi connectivity index (χ3v) is 4.27. The van der Waals surface area contributed by atoms with Crippen molar-refractivity contribution in [3.8, 4) is 0 Å². The van der Waals surface area contributed by atoms with Crippen LogP contribution in [-0.4, -0.2) is 8.42 Å². The summed E-state index contributed by atoms with van der Waals surface area (Å²) >= 11 is 0. The summed E-state index contributed by atoms with van der Waals surface area (Å²) < 4.78 is 39.7. The minimum atomic E-state index is -3.77. The van der Waals surface area contributed by atoms with Crippen molar-refractivity contribution in [3.05, 3.63) is 53.8 Å². The number of hydrogen-bond donors (Lipinski definition) is 2. The zero-order valence-electron chi connectivity index (χ0n) is 10.9. The topological polar surface area (TPSA) is 72.2 Å². The SMILES string of the molecule is CCc1ccc(NS(=O)(=O)c2ccc(F)c(N)c2)cc1. The quantitative estimate of drug-likeness (QED) is 0.852. The molecule has 0 atom stereocenters. The van der Waals surface area contributed by atoms with Crippen molar-refractivity contribution in [1.82, 2.24) is 0 Å². The maximum atomic E-state index is 13.1. The first-order valence-corrected chi connectivity index (χ1v) is 7.57. The second-order valence-corrected chi connectivity index (χ2v) is 6.02. The molecule has 0 unspecified atom stereocenters. The zero-order valence-corrected chi connectivity index (χ0v) is 11.7. The summed E-state index contributed by atoms with van der Waals surface area (Å²) in [7, 11) is -3.77. The van der Waals surface area contributed by atoms with E-state index < -0.39 is 15.8 Å². The van der Waals surface area contributed by atoms with E-state index in [4.69, 9.17) is 5.73 Å². The Morgan fingerprint density at radius 2 is 1.80 bits per heavy atom. The average Bonchev–Trinajstić information content (AvgIpc) is 2.42. The van der Waals surface area contributed by atoms with Crippen LogP contribution in [0.2, 0.25) is 0 Å². The molecule has 0 aliphatic heterocycles. The van der Waals surface area contributed by atoms with Crippen LogP contribution in [0.15, 0.2) is 47.4 Å². The van der Waals surface area contributed by atoms with Gasteiger partial charge in [0, 0.05) is 5.69 Å². The van der Waals surface area contributed by atoms with Gasteiger partial charge in [-0.1, -0.05) is 19.1 Å². The van der Waals surface area contributed by atoms with Gasteiger partial charge in [0.05, 0.1) is 10.6 Å². The molecule has 0 spiro atoms. The molecule has 4 nitrogen and oxygen atoms in total. The van der Waals surface area contributed by atoms with Gasteiger partial charge >= 0.3 is 0 Å². The zero-order chi connectivity index (χ0) is 14.8. The van der Waals surface area contributed by atoms with Gasteiger partial charge in [-0.25, -0.2) is 12.8 Å². The average molecular weight is 294 g/mol. The second-order valence-electron chi connectivity index (χ2n) is 4.34. The fourth-order valence-corrected chi connectivity index (χ4v) is 2.81. The number of sulfonamides is 1. The lowest BCUT2D eigenvalue weighted by Gasteiger charge is -2.09. The van der Waals surface area contributed by atoms with E-state index >= 15 is 0 Å². The molecule has 2 aromatic carbocycles. The molecule has 0 saturated heterocycles. The number of nitrogens with two attached hydrogens (primary N) is 1. The highest BCUT2D eigenvalue weighted by molar-refractivity contribution is 7.92. The minimum Gasteiger partial charge on any atom is -0.396 e. The predicted octanol–water partition coefficient (Wildman–Crippen LogP) is 2.77. The molecule has 0 fully saturated rings. The Balaban J connectivity index is 2.27. The molecule has 0 amide bonds. The minimum absolute atomic E-state index is 0.0732. The molecule has 0 bridgehead atoms. The molecule has 20 heavy (non-hydrogen) atoms. The van der Waals surface area contributed by atoms with Crippen LogP contribution in [0.4, 0.5) is 15.8 Å². The highest BCUT2D eigenvalue weighted by Gasteiger charge is 2.15. The molecule has 3 N–H and O–H groups in total. The molecule has 0 heterocycles. The Bertz CT molecular complexity index is 712. The van der Waals surface area contributed by atoms with Crippen molar-refractivity contribution in [2.24, 2.45) is 0 Å². The van der Waals surface area contributed by atoms with Gasteiger partial charge < -0.3 is 5.73 Å². The summed E-state index contributed by atoms with van der Waals surface area (Å²) in [6, 6.07) is 10.4. The van der Waals surface area contributed by atoms with Crippen LogP contribution in [0.25, 0.3) is 0 Å². The molecular weight excluding hydrogens is 279 g/mol. The summed E-state index contributed by atoms with van der Waals surface area (Å²) in [5, 5.41) is 0. The number of nitrogens with one attached hydrogen (secondary N) is 1. The molecule has 0 radical (unpaired) electrons. The number of hydrogen-bond acceptors (Lipinski definition) is 3. The van der Waals surface area contributed by atoms with E-state index in [0.29, 0.717) is 5.69 Å². The highest BCUT2D eigenvalue weighted by atomic mass is 32.2. The molecule has 2 aromatic rings. The normalized spacial score (nSPS) is 11.3. The van der Waals surface area contributed by atoms with Crippen LogP contribution < -0.4 is 10.5 Å². The Morgan fingerprint density at radius 3 is 2.35 bits per heavy atom. The Morgan fingerprint density at radius 1 is 1.15 bits per heavy atom. The van der Waals surface area contributed by atoms with Crippen molar-refractivity contribution >= 4 is 21.4 Å². The smallest absolute Gasteiger partial charge is 0.261 e. The van der Waals surface area contributed by atoms with Gasteiger partial charge in [-0.2, -0.15) is 0 Å². The first-order valence-electron chi connectivity index (χ1n) is 6.09. The van der Waals surface area contributed by atoms with Crippen molar-refractivity contribution in [3.63, 3.8) is 0 Å². The van der Waals surface area contributed by atoms with Crippen molar-refractivity contribution in [2.45, 2.75) is 18.2 Å². The second kappa shape index (κ2) is 5.50. The molecule has 2 rings (SSSR count). The van der Waals surface area contributed by atoms with Gasteiger partial charge in [-0.15, -0.1) is 0 Å². The lowest BCUT2D eigenvalue weighted by molar-refractivity contribution is 0.600. The van der Waals surface area contributed by atoms with Crippen LogP contribution in [0.3, 0.4) is 0 Å². The van der Waals surface area contributed by atoms with Gasteiger partial charge in [0.1, 0.15) is 5.82 Å². The molecule has 0 aliphatic carbocycles. The molecule has 0 aromatic heterocycles. The maximum Gasteiger partial charge on any atom is 0.261 e. The number of aryl methyl sites for hydroxylation is 1. The van der Waals surface area contributed by atoms with Crippen LogP contribution in [-0.2, 0) is 16.4 Å². The monoisotopic (exact) mass is 294 g/mol. The summed E-state index contributed by atoms with van der Waals surface area (Å²) in [5.74, 6) is -0.642. The summed E-state index contributed by atoms with van der Waals surface area (Å²) in [4.78, 5) is -0.0732. The Hall–Kier alpha value is -2.08. The van der Waals surface area contributed by atoms with Gasteiger partial charge in [0.25, 0.3) is 10.0 Å². The van der Waals surface area contributed by atoms with E-state index in [0.717, 1.165) is 24.1 Å². The molecule has 6 heteroatoms. The van der Waals surface area contributed by atoms with Crippen LogP contribution in [0.1, 0.15) is 12.5 Å². The Labute approximate surface area is 117 Å². The third-order valence-electron chi connectivity index (χ3n) is 2.89. The number of rotatable bonds is 4. The van der Waals surface area contributed by atoms with E-state index in [1.807, 2.05) is 19.1 Å². The predicted molar refractivity (Wildman–Crippen MR) is 77.4 cm³/mol. The van der Waals surface area contributed by atoms with E-state index in [1.54, 1.807) is 12.1 Å². The van der Waals surface area contributed by atoms with E-state index in [9.17, 15) is 12.8 Å². The lowest BCUT2D eigenvalue weighted by Crippen LogP contribution is -2.13. The first kappa shape index (κ1) is 14.3. The van der Waals surface area contributed by atoms with Gasteiger partial charge in [-0.05, 0) is 42.3 Å². The summed E-state index contributed by atoms with van der Waals surface area (Å²) in [6.07, 6.45) is 0.877. The van der Waals surface area contributed by atoms with Gasteiger partial charge in [0.15, 0.2) is 0 Å². The third kappa shape index (κ3) is 3.08. The first-order chi connectivity index (χ1) is 9.42. The van der Waals surface area contributed by atoms with Crippen molar-refractivity contribution in [2.75, 3.05) is 10.5 Å². The fraction of sp³-hybridized carbons (Fsp3) is 0.143. The Kier molecular flexibility index (Phi) is 3.94.